The van der Waals surface area contributed by atoms with Crippen LogP contribution < -0.4 is 15.4 Å². The lowest BCUT2D eigenvalue weighted by Gasteiger charge is -2.42. The molecule has 32 heavy (non-hydrogen) atoms. The Balaban J connectivity index is 1.46. The number of guanidine groups is 1. The van der Waals surface area contributed by atoms with Gasteiger partial charge in [-0.05, 0) is 36.6 Å². The summed E-state index contributed by atoms with van der Waals surface area (Å²) in [5.41, 5.74) is 1.99. The van der Waals surface area contributed by atoms with Gasteiger partial charge < -0.3 is 15.4 Å². The fraction of sp³-hybridized carbons (Fsp3) is 0.400. The van der Waals surface area contributed by atoms with E-state index in [0.29, 0.717) is 25.0 Å². The lowest BCUT2D eigenvalue weighted by Crippen LogP contribution is -2.61. The number of rotatable bonds is 6. The van der Waals surface area contributed by atoms with Gasteiger partial charge in [0.15, 0.2) is 5.96 Å². The number of nitrogens with zero attached hydrogens (tertiary/aromatic N) is 1. The van der Waals surface area contributed by atoms with Crippen molar-refractivity contribution in [3.8, 4) is 5.75 Å². The van der Waals surface area contributed by atoms with Crippen molar-refractivity contribution in [2.75, 3.05) is 6.61 Å². The maximum Gasteiger partial charge on any atom is 0.251 e. The van der Waals surface area contributed by atoms with Gasteiger partial charge in [0, 0.05) is 23.1 Å². The second kappa shape index (κ2) is 9.02. The normalized spacial score (nSPS) is 19.6. The molecule has 7 heteroatoms. The summed E-state index contributed by atoms with van der Waals surface area (Å²) in [6.45, 7) is 4.89. The molecule has 0 saturated carbocycles. The minimum Gasteiger partial charge on any atom is -0.493 e. The van der Waals surface area contributed by atoms with Gasteiger partial charge in [0.1, 0.15) is 5.75 Å². The monoisotopic (exact) mass is 434 g/mol. The molecule has 2 aromatic carbocycles. The van der Waals surface area contributed by atoms with Gasteiger partial charge in [-0.1, -0.05) is 44.2 Å². The molecule has 2 aromatic rings. The van der Waals surface area contributed by atoms with E-state index in [1.807, 2.05) is 50.2 Å². The smallest absolute Gasteiger partial charge is 0.251 e. The molecule has 7 nitrogen and oxygen atoms in total. The van der Waals surface area contributed by atoms with E-state index >= 15 is 0 Å². The number of para-hydroxylation sites is 1. The summed E-state index contributed by atoms with van der Waals surface area (Å²) in [6.07, 6.45) is 2.66. The second-order valence-electron chi connectivity index (χ2n) is 8.52. The van der Waals surface area contributed by atoms with E-state index in [1.165, 1.54) is 4.90 Å². The number of carbonyl (C=O) groups is 2. The summed E-state index contributed by atoms with van der Waals surface area (Å²) in [5, 5.41) is 14.7. The summed E-state index contributed by atoms with van der Waals surface area (Å²) < 4.78 is 5.68. The van der Waals surface area contributed by atoms with Crippen LogP contribution in [0.4, 0.5) is 0 Å². The molecule has 2 heterocycles. The minimum absolute atomic E-state index is 0.0638. The number of fused-ring (bicyclic) bond motifs is 1. The predicted octanol–water partition coefficient (Wildman–Crippen LogP) is 3.76. The summed E-state index contributed by atoms with van der Waals surface area (Å²) in [4.78, 5) is 27.2. The Morgan fingerprint density at radius 2 is 2.00 bits per heavy atom. The minimum atomic E-state index is -0.341. The Morgan fingerprint density at radius 3 is 2.75 bits per heavy atom. The van der Waals surface area contributed by atoms with Crippen molar-refractivity contribution in [3.63, 3.8) is 0 Å². The van der Waals surface area contributed by atoms with Gasteiger partial charge in [-0.15, -0.1) is 0 Å². The van der Waals surface area contributed by atoms with E-state index < -0.39 is 0 Å². The van der Waals surface area contributed by atoms with Crippen LogP contribution in [0.3, 0.4) is 0 Å². The van der Waals surface area contributed by atoms with Crippen molar-refractivity contribution < 1.29 is 14.3 Å². The van der Waals surface area contributed by atoms with Crippen LogP contribution in [0.2, 0.25) is 0 Å². The Kier molecular flexibility index (Phi) is 6.17. The standard InChI is InChI=1S/C25H30N4O3/c1-3-25(4-2)15-22(30)29(24(26)28-25)16-17-8-7-9-18(14-17)23(31)27-20-12-13-32-21-11-6-5-10-19(20)21/h5-11,14,20H,3-4,12-13,15-16H2,1-2H3,(H2,26,28)(H,27,31)/t20-/m0/s1. The van der Waals surface area contributed by atoms with Crippen LogP contribution >= 0.6 is 0 Å². The molecule has 1 atom stereocenters. The van der Waals surface area contributed by atoms with Gasteiger partial charge in [-0.3, -0.25) is 19.9 Å². The van der Waals surface area contributed by atoms with Crippen molar-refractivity contribution in [2.45, 2.75) is 57.7 Å². The third kappa shape index (κ3) is 4.33. The third-order valence-electron chi connectivity index (χ3n) is 6.59. The molecule has 2 amide bonds. The van der Waals surface area contributed by atoms with Crippen molar-refractivity contribution in [2.24, 2.45) is 0 Å². The topological polar surface area (TPSA) is 94.5 Å². The molecular weight excluding hydrogens is 404 g/mol. The average Bonchev–Trinajstić information content (AvgIpc) is 2.81. The van der Waals surface area contributed by atoms with E-state index in [-0.39, 0.29) is 35.9 Å². The summed E-state index contributed by atoms with van der Waals surface area (Å²) >= 11 is 0. The van der Waals surface area contributed by atoms with E-state index in [1.54, 1.807) is 12.1 Å². The molecule has 1 fully saturated rings. The van der Waals surface area contributed by atoms with E-state index in [9.17, 15) is 9.59 Å². The highest BCUT2D eigenvalue weighted by atomic mass is 16.5. The Hall–Kier alpha value is -3.35. The predicted molar refractivity (Wildman–Crippen MR) is 123 cm³/mol. The highest BCUT2D eigenvalue weighted by Crippen LogP contribution is 2.32. The number of hydrogen-bond donors (Lipinski definition) is 3. The first-order valence-electron chi connectivity index (χ1n) is 11.2. The summed E-state index contributed by atoms with van der Waals surface area (Å²) in [7, 11) is 0. The van der Waals surface area contributed by atoms with Gasteiger partial charge in [0.05, 0.1) is 25.6 Å². The van der Waals surface area contributed by atoms with Gasteiger partial charge in [0.25, 0.3) is 5.91 Å². The molecule has 2 aliphatic rings. The van der Waals surface area contributed by atoms with Gasteiger partial charge in [0.2, 0.25) is 5.91 Å². The van der Waals surface area contributed by atoms with Gasteiger partial charge in [-0.2, -0.15) is 0 Å². The molecule has 3 N–H and O–H groups in total. The molecule has 1 saturated heterocycles. The van der Waals surface area contributed by atoms with Crippen LogP contribution in [-0.4, -0.2) is 34.8 Å². The lowest BCUT2D eigenvalue weighted by atomic mass is 9.87. The quantitative estimate of drug-likeness (QED) is 0.645. The number of nitrogens with one attached hydrogen (secondary N) is 3. The van der Waals surface area contributed by atoms with Crippen molar-refractivity contribution in [1.29, 1.82) is 5.41 Å². The van der Waals surface area contributed by atoms with E-state index in [4.69, 9.17) is 10.1 Å². The fourth-order valence-electron chi connectivity index (χ4n) is 4.44. The highest BCUT2D eigenvalue weighted by molar-refractivity contribution is 5.99. The zero-order chi connectivity index (χ0) is 22.7. The number of ether oxygens (including phenoxy) is 1. The zero-order valence-electron chi connectivity index (χ0n) is 18.6. The first-order chi connectivity index (χ1) is 15.4. The van der Waals surface area contributed by atoms with Crippen LogP contribution in [0.1, 0.15) is 67.1 Å². The molecule has 168 valence electrons. The largest absolute Gasteiger partial charge is 0.493 e. The molecule has 0 spiro atoms. The van der Waals surface area contributed by atoms with E-state index in [2.05, 4.69) is 10.6 Å². The average molecular weight is 435 g/mol. The molecule has 0 bridgehead atoms. The van der Waals surface area contributed by atoms with Gasteiger partial charge in [-0.25, -0.2) is 0 Å². The van der Waals surface area contributed by atoms with Crippen LogP contribution in [-0.2, 0) is 11.3 Å². The third-order valence-corrected chi connectivity index (χ3v) is 6.59. The molecule has 2 aliphatic heterocycles. The molecule has 0 aliphatic carbocycles. The molecule has 4 rings (SSSR count). The van der Waals surface area contributed by atoms with Crippen LogP contribution in [0.5, 0.6) is 5.75 Å². The fourth-order valence-corrected chi connectivity index (χ4v) is 4.44. The Morgan fingerprint density at radius 1 is 1.22 bits per heavy atom. The first-order valence-corrected chi connectivity index (χ1v) is 11.2. The Bertz CT molecular complexity index is 1010. The number of hydrogen-bond acceptors (Lipinski definition) is 4. The first kappa shape index (κ1) is 21.9. The van der Waals surface area contributed by atoms with Crippen LogP contribution in [0.15, 0.2) is 48.5 Å². The van der Waals surface area contributed by atoms with Gasteiger partial charge >= 0.3 is 0 Å². The SMILES string of the molecule is CCC1(CC)CC(=O)N(Cc2cccc(C(=O)N[C@H]3CCOc4ccccc43)c2)C(=N)N1. The molecular formula is C25H30N4O3. The van der Waals surface area contributed by atoms with Crippen molar-refractivity contribution in [3.05, 3.63) is 65.2 Å². The molecule has 0 unspecified atom stereocenters. The van der Waals surface area contributed by atoms with Crippen LogP contribution in [0.25, 0.3) is 0 Å². The number of benzene rings is 2. The second-order valence-corrected chi connectivity index (χ2v) is 8.52. The molecule has 0 aromatic heterocycles. The zero-order valence-corrected chi connectivity index (χ0v) is 18.6. The lowest BCUT2D eigenvalue weighted by molar-refractivity contribution is -0.131. The maximum absolute atomic E-state index is 13.0. The highest BCUT2D eigenvalue weighted by Gasteiger charge is 2.38. The van der Waals surface area contributed by atoms with Crippen molar-refractivity contribution in [1.82, 2.24) is 15.5 Å². The molecule has 0 radical (unpaired) electrons. The van der Waals surface area contributed by atoms with Crippen molar-refractivity contribution >= 4 is 17.8 Å². The summed E-state index contributed by atoms with van der Waals surface area (Å²) in [5.74, 6) is 0.704. The van der Waals surface area contributed by atoms with E-state index in [0.717, 1.165) is 29.7 Å². The maximum atomic E-state index is 13.0. The van der Waals surface area contributed by atoms with Crippen LogP contribution in [0, 0.1) is 5.41 Å². The Labute approximate surface area is 188 Å². The number of amides is 2. The summed E-state index contributed by atoms with van der Waals surface area (Å²) in [6, 6.07) is 14.9. The number of carbonyl (C=O) groups excluding carboxylic acids is 2.